The third-order valence-electron chi connectivity index (χ3n) is 6.69. The highest BCUT2D eigenvalue weighted by molar-refractivity contribution is 6.01. The molecule has 0 spiro atoms. The highest BCUT2D eigenvalue weighted by atomic mass is 16.5. The molecule has 3 aromatic carbocycles. The van der Waals surface area contributed by atoms with Crippen molar-refractivity contribution in [3.05, 3.63) is 78.4 Å². The molecule has 1 heterocycles. The van der Waals surface area contributed by atoms with Gasteiger partial charge in [-0.2, -0.15) is 4.98 Å². The van der Waals surface area contributed by atoms with E-state index in [1.54, 1.807) is 26.4 Å². The number of nitrogens with one attached hydrogen (secondary N) is 1. The molecule has 35 heavy (non-hydrogen) atoms. The zero-order chi connectivity index (χ0) is 24.3. The molecular weight excluding hydrogens is 442 g/mol. The maximum absolute atomic E-state index is 13.7. The molecule has 1 amide bonds. The summed E-state index contributed by atoms with van der Waals surface area (Å²) in [6.07, 6.45) is 3.72. The van der Waals surface area contributed by atoms with Crippen LogP contribution in [0.25, 0.3) is 22.8 Å². The van der Waals surface area contributed by atoms with Gasteiger partial charge in [0.15, 0.2) is 11.5 Å². The lowest BCUT2D eigenvalue weighted by molar-refractivity contribution is -0.121. The van der Waals surface area contributed by atoms with E-state index in [2.05, 4.69) is 15.5 Å². The third-order valence-corrected chi connectivity index (χ3v) is 6.69. The van der Waals surface area contributed by atoms with Gasteiger partial charge < -0.3 is 19.3 Å². The Morgan fingerprint density at radius 2 is 1.63 bits per heavy atom. The molecule has 7 nitrogen and oxygen atoms in total. The molecule has 0 bridgehead atoms. The standard InChI is InChI=1S/C28H27N3O4/c1-33-23-15-14-19(18-24(23)34-2)25-30-26(35-31-25)21-12-6-7-13-22(21)29-27(32)28(16-8-9-17-28)20-10-4-3-5-11-20/h3-7,10-15,18H,8-9,16-17H2,1-2H3,(H,29,32). The lowest BCUT2D eigenvalue weighted by Gasteiger charge is -2.28. The second kappa shape index (κ2) is 9.62. The van der Waals surface area contributed by atoms with Crippen LogP contribution in [0.5, 0.6) is 11.5 Å². The topological polar surface area (TPSA) is 86.5 Å². The van der Waals surface area contributed by atoms with Crippen molar-refractivity contribution in [3.63, 3.8) is 0 Å². The van der Waals surface area contributed by atoms with Crippen LogP contribution in [0.4, 0.5) is 5.69 Å². The first-order chi connectivity index (χ1) is 17.1. The molecule has 1 aliphatic rings. The van der Waals surface area contributed by atoms with Gasteiger partial charge in [-0.3, -0.25) is 4.79 Å². The maximum atomic E-state index is 13.7. The number of rotatable bonds is 7. The van der Waals surface area contributed by atoms with E-state index in [1.165, 1.54) is 0 Å². The van der Waals surface area contributed by atoms with Crippen molar-refractivity contribution in [2.45, 2.75) is 31.1 Å². The third kappa shape index (κ3) is 4.25. The Kier molecular flexibility index (Phi) is 6.23. The molecule has 1 aliphatic carbocycles. The Bertz CT molecular complexity index is 1330. The molecule has 7 heteroatoms. The van der Waals surface area contributed by atoms with Crippen LogP contribution in [0.3, 0.4) is 0 Å². The monoisotopic (exact) mass is 469 g/mol. The van der Waals surface area contributed by atoms with E-state index in [0.717, 1.165) is 36.8 Å². The van der Waals surface area contributed by atoms with Gasteiger partial charge in [-0.05, 0) is 48.7 Å². The molecule has 1 fully saturated rings. The largest absolute Gasteiger partial charge is 0.493 e. The number of para-hydroxylation sites is 1. The summed E-state index contributed by atoms with van der Waals surface area (Å²) < 4.78 is 16.3. The van der Waals surface area contributed by atoms with E-state index < -0.39 is 5.41 Å². The smallest absolute Gasteiger partial charge is 0.260 e. The molecular formula is C28H27N3O4. The normalized spacial score (nSPS) is 14.5. The SMILES string of the molecule is COc1ccc(-c2noc(-c3ccccc3NC(=O)C3(c4ccccc4)CCCC3)n2)cc1OC. The Labute approximate surface area is 204 Å². The van der Waals surface area contributed by atoms with E-state index >= 15 is 0 Å². The summed E-state index contributed by atoms with van der Waals surface area (Å²) in [7, 11) is 3.16. The van der Waals surface area contributed by atoms with Gasteiger partial charge in [0.2, 0.25) is 11.7 Å². The highest BCUT2D eigenvalue weighted by Gasteiger charge is 2.42. The van der Waals surface area contributed by atoms with Gasteiger partial charge in [-0.15, -0.1) is 0 Å². The minimum atomic E-state index is -0.534. The van der Waals surface area contributed by atoms with Crippen molar-refractivity contribution < 1.29 is 18.8 Å². The van der Waals surface area contributed by atoms with E-state index in [4.69, 9.17) is 14.0 Å². The molecule has 4 aromatic rings. The van der Waals surface area contributed by atoms with Crippen LogP contribution in [0, 0.1) is 0 Å². The number of anilines is 1. The number of hydrogen-bond donors (Lipinski definition) is 1. The second-order valence-electron chi connectivity index (χ2n) is 8.65. The Morgan fingerprint density at radius 1 is 0.914 bits per heavy atom. The van der Waals surface area contributed by atoms with E-state index in [1.807, 2.05) is 60.7 Å². The summed E-state index contributed by atoms with van der Waals surface area (Å²) in [6, 6.07) is 23.0. The first-order valence-corrected chi connectivity index (χ1v) is 11.7. The van der Waals surface area contributed by atoms with Crippen molar-refractivity contribution in [1.29, 1.82) is 0 Å². The van der Waals surface area contributed by atoms with Crippen molar-refractivity contribution in [3.8, 4) is 34.3 Å². The number of methoxy groups -OCH3 is 2. The van der Waals surface area contributed by atoms with Gasteiger partial charge in [-0.25, -0.2) is 0 Å². The zero-order valence-corrected chi connectivity index (χ0v) is 19.8. The van der Waals surface area contributed by atoms with Gasteiger partial charge in [0, 0.05) is 5.56 Å². The van der Waals surface area contributed by atoms with E-state index in [-0.39, 0.29) is 5.91 Å². The minimum Gasteiger partial charge on any atom is -0.493 e. The van der Waals surface area contributed by atoms with Gasteiger partial charge in [0.1, 0.15) is 0 Å². The second-order valence-corrected chi connectivity index (χ2v) is 8.65. The minimum absolute atomic E-state index is 0.00622. The van der Waals surface area contributed by atoms with Crippen LogP contribution >= 0.6 is 0 Å². The first-order valence-electron chi connectivity index (χ1n) is 11.7. The number of ether oxygens (including phenoxy) is 2. The number of nitrogens with zero attached hydrogens (tertiary/aromatic N) is 2. The quantitative estimate of drug-likeness (QED) is 0.364. The average molecular weight is 470 g/mol. The number of carbonyl (C=O) groups excluding carboxylic acids is 1. The molecule has 1 N–H and O–H groups in total. The number of amides is 1. The van der Waals surface area contributed by atoms with Gasteiger partial charge in [0.05, 0.1) is 30.9 Å². The Hall–Kier alpha value is -4.13. The number of carbonyl (C=O) groups is 1. The average Bonchev–Trinajstić information content (AvgIpc) is 3.60. The molecule has 0 radical (unpaired) electrons. The van der Waals surface area contributed by atoms with Crippen LogP contribution < -0.4 is 14.8 Å². The lowest BCUT2D eigenvalue weighted by Crippen LogP contribution is -2.38. The number of benzene rings is 3. The molecule has 0 unspecified atom stereocenters. The summed E-state index contributed by atoms with van der Waals surface area (Å²) in [5, 5.41) is 7.33. The fourth-order valence-electron chi connectivity index (χ4n) is 4.83. The zero-order valence-electron chi connectivity index (χ0n) is 19.8. The molecule has 0 aliphatic heterocycles. The maximum Gasteiger partial charge on any atom is 0.260 e. The lowest BCUT2D eigenvalue weighted by atomic mass is 9.78. The fourth-order valence-corrected chi connectivity index (χ4v) is 4.83. The molecule has 178 valence electrons. The molecule has 1 aromatic heterocycles. The van der Waals surface area contributed by atoms with Gasteiger partial charge >= 0.3 is 0 Å². The summed E-state index contributed by atoms with van der Waals surface area (Å²) in [5.41, 5.74) is 2.56. The van der Waals surface area contributed by atoms with Gasteiger partial charge in [-0.1, -0.05) is 60.5 Å². The summed E-state index contributed by atoms with van der Waals surface area (Å²) >= 11 is 0. The predicted octanol–water partition coefficient (Wildman–Crippen LogP) is 5.87. The highest BCUT2D eigenvalue weighted by Crippen LogP contribution is 2.42. The first kappa shape index (κ1) is 22.7. The van der Waals surface area contributed by atoms with Crippen molar-refractivity contribution in [2.24, 2.45) is 0 Å². The fraction of sp³-hybridized carbons (Fsp3) is 0.250. The van der Waals surface area contributed by atoms with Crippen molar-refractivity contribution in [2.75, 3.05) is 19.5 Å². The van der Waals surface area contributed by atoms with E-state index in [0.29, 0.717) is 34.5 Å². The van der Waals surface area contributed by atoms with E-state index in [9.17, 15) is 4.79 Å². The van der Waals surface area contributed by atoms with Crippen LogP contribution in [0.2, 0.25) is 0 Å². The van der Waals surface area contributed by atoms with Crippen LogP contribution in [-0.4, -0.2) is 30.3 Å². The molecule has 0 saturated heterocycles. The molecule has 5 rings (SSSR count). The van der Waals surface area contributed by atoms with Crippen LogP contribution in [0.1, 0.15) is 31.2 Å². The summed E-state index contributed by atoms with van der Waals surface area (Å²) in [4.78, 5) is 18.3. The summed E-state index contributed by atoms with van der Waals surface area (Å²) in [5.74, 6) is 1.93. The predicted molar refractivity (Wildman–Crippen MR) is 133 cm³/mol. The number of hydrogen-bond acceptors (Lipinski definition) is 6. The van der Waals surface area contributed by atoms with Gasteiger partial charge in [0.25, 0.3) is 5.89 Å². The molecule has 1 saturated carbocycles. The Balaban J connectivity index is 1.45. The Morgan fingerprint density at radius 3 is 2.37 bits per heavy atom. The summed E-state index contributed by atoms with van der Waals surface area (Å²) in [6.45, 7) is 0. The van der Waals surface area contributed by atoms with Crippen LogP contribution in [-0.2, 0) is 10.2 Å². The molecule has 0 atom stereocenters. The van der Waals surface area contributed by atoms with Crippen LogP contribution in [0.15, 0.2) is 77.3 Å². The van der Waals surface area contributed by atoms with Crippen molar-refractivity contribution >= 4 is 11.6 Å². The number of aromatic nitrogens is 2. The van der Waals surface area contributed by atoms with Crippen molar-refractivity contribution in [1.82, 2.24) is 10.1 Å².